The van der Waals surface area contributed by atoms with Gasteiger partial charge in [0.15, 0.2) is 0 Å². The van der Waals surface area contributed by atoms with Crippen LogP contribution in [-0.2, 0) is 22.6 Å². The van der Waals surface area contributed by atoms with Crippen molar-refractivity contribution in [1.29, 1.82) is 0 Å². The Morgan fingerprint density at radius 2 is 1.54 bits per heavy atom. The van der Waals surface area contributed by atoms with Gasteiger partial charge in [0.25, 0.3) is 0 Å². The van der Waals surface area contributed by atoms with Crippen LogP contribution in [0.1, 0.15) is 31.9 Å². The zero-order valence-electron chi connectivity index (χ0n) is 20.1. The third-order valence-corrected chi connectivity index (χ3v) is 6.67. The molecule has 0 aliphatic carbocycles. The third-order valence-electron chi connectivity index (χ3n) is 5.19. The van der Waals surface area contributed by atoms with Crippen LogP contribution in [0.2, 0.25) is 10.0 Å². The fourth-order valence-electron chi connectivity index (χ4n) is 3.60. The van der Waals surface area contributed by atoms with E-state index >= 15 is 0 Å². The van der Waals surface area contributed by atoms with Crippen LogP contribution < -0.4 is 5.32 Å². The van der Waals surface area contributed by atoms with Gasteiger partial charge in [-0.3, -0.25) is 9.59 Å². The van der Waals surface area contributed by atoms with Gasteiger partial charge in [-0.2, -0.15) is 0 Å². The average Bonchev–Trinajstić information content (AvgIpc) is 2.80. The summed E-state index contributed by atoms with van der Waals surface area (Å²) >= 11 is 13.6. The predicted octanol–water partition coefficient (Wildman–Crippen LogP) is 6.64. The molecule has 0 saturated carbocycles. The van der Waals surface area contributed by atoms with Crippen molar-refractivity contribution in [2.24, 2.45) is 0 Å². The molecule has 0 radical (unpaired) electrons. The van der Waals surface area contributed by atoms with Gasteiger partial charge in [0, 0.05) is 33.4 Å². The fourth-order valence-corrected chi connectivity index (χ4v) is 4.72. The van der Waals surface area contributed by atoms with Gasteiger partial charge in [0.1, 0.15) is 6.04 Å². The van der Waals surface area contributed by atoms with Crippen LogP contribution >= 0.6 is 35.0 Å². The Morgan fingerprint density at radius 1 is 0.886 bits per heavy atom. The van der Waals surface area contributed by atoms with Gasteiger partial charge in [-0.15, -0.1) is 11.8 Å². The molecule has 0 aromatic heterocycles. The number of hydrogen-bond acceptors (Lipinski definition) is 3. The molecule has 0 aliphatic rings. The lowest BCUT2D eigenvalue weighted by Crippen LogP contribution is -2.54. The van der Waals surface area contributed by atoms with Crippen molar-refractivity contribution in [3.63, 3.8) is 0 Å². The van der Waals surface area contributed by atoms with E-state index in [-0.39, 0.29) is 24.1 Å². The lowest BCUT2D eigenvalue weighted by Gasteiger charge is -2.34. The highest BCUT2D eigenvalue weighted by molar-refractivity contribution is 8.00. The molecule has 3 aromatic carbocycles. The van der Waals surface area contributed by atoms with Crippen LogP contribution in [0.15, 0.2) is 83.8 Å². The first kappa shape index (κ1) is 27.1. The molecule has 4 nitrogen and oxygen atoms in total. The number of hydrogen-bond donors (Lipinski definition) is 1. The van der Waals surface area contributed by atoms with Crippen LogP contribution in [-0.4, -0.2) is 34.0 Å². The third kappa shape index (κ3) is 8.92. The molecule has 0 spiro atoms. The molecule has 1 atom stereocenters. The molecule has 3 aromatic rings. The Morgan fingerprint density at radius 3 is 2.17 bits per heavy atom. The molecule has 35 heavy (non-hydrogen) atoms. The molecular weight excluding hydrogens is 499 g/mol. The van der Waals surface area contributed by atoms with Gasteiger partial charge in [0.05, 0.1) is 5.75 Å². The summed E-state index contributed by atoms with van der Waals surface area (Å²) < 4.78 is 0. The van der Waals surface area contributed by atoms with Crippen LogP contribution in [0.3, 0.4) is 0 Å². The van der Waals surface area contributed by atoms with Crippen molar-refractivity contribution in [3.8, 4) is 0 Å². The fraction of sp³-hybridized carbons (Fsp3) is 0.286. The normalized spacial score (nSPS) is 12.1. The van der Waals surface area contributed by atoms with E-state index in [0.717, 1.165) is 16.0 Å². The minimum absolute atomic E-state index is 0.130. The van der Waals surface area contributed by atoms with Crippen LogP contribution in [0.5, 0.6) is 0 Å². The van der Waals surface area contributed by atoms with Gasteiger partial charge >= 0.3 is 0 Å². The highest BCUT2D eigenvalue weighted by Crippen LogP contribution is 2.23. The molecular formula is C28H30Cl2N2O2S. The number of carbonyl (C=O) groups excluding carboxylic acids is 2. The number of nitrogens with zero attached hydrogens (tertiary/aromatic N) is 1. The van der Waals surface area contributed by atoms with Gasteiger partial charge < -0.3 is 10.2 Å². The zero-order valence-corrected chi connectivity index (χ0v) is 22.5. The Balaban J connectivity index is 1.92. The first-order chi connectivity index (χ1) is 16.6. The van der Waals surface area contributed by atoms with Crippen LogP contribution in [0.4, 0.5) is 0 Å². The predicted molar refractivity (Wildman–Crippen MR) is 146 cm³/mol. The lowest BCUT2D eigenvalue weighted by atomic mass is 10.0. The minimum atomic E-state index is -0.686. The number of carbonyl (C=O) groups is 2. The second kappa shape index (κ2) is 12.5. The van der Waals surface area contributed by atoms with Crippen molar-refractivity contribution in [1.82, 2.24) is 10.2 Å². The smallest absolute Gasteiger partial charge is 0.243 e. The molecule has 3 rings (SSSR count). The summed E-state index contributed by atoms with van der Waals surface area (Å²) in [7, 11) is 0. The Hall–Kier alpha value is -2.47. The maximum absolute atomic E-state index is 13.6. The van der Waals surface area contributed by atoms with E-state index in [4.69, 9.17) is 23.2 Å². The zero-order chi connectivity index (χ0) is 25.4. The standard InChI is InChI=1S/C28H30Cl2N2O2S/c1-28(2,3)31-27(34)25(17-20-8-5-4-6-9-20)32(18-21-10-7-11-23(30)16-21)26(33)19-35-24-14-12-22(29)13-15-24/h4-16,25H,17-19H2,1-3H3,(H,31,34). The number of amides is 2. The van der Waals surface area contributed by atoms with E-state index in [2.05, 4.69) is 5.32 Å². The van der Waals surface area contributed by atoms with Crippen molar-refractivity contribution >= 4 is 46.8 Å². The van der Waals surface area contributed by atoms with Crippen LogP contribution in [0, 0.1) is 0 Å². The molecule has 0 bridgehead atoms. The molecule has 7 heteroatoms. The molecule has 0 heterocycles. The first-order valence-electron chi connectivity index (χ1n) is 11.4. The SMILES string of the molecule is CC(C)(C)NC(=O)C(Cc1ccccc1)N(Cc1cccc(Cl)c1)C(=O)CSc1ccc(Cl)cc1. The van der Waals surface area contributed by atoms with E-state index in [0.29, 0.717) is 16.5 Å². The quantitative estimate of drug-likeness (QED) is 0.316. The van der Waals surface area contributed by atoms with Crippen LogP contribution in [0.25, 0.3) is 0 Å². The second-order valence-corrected chi connectivity index (χ2v) is 11.3. The minimum Gasteiger partial charge on any atom is -0.350 e. The highest BCUT2D eigenvalue weighted by Gasteiger charge is 2.32. The molecule has 0 saturated heterocycles. The van der Waals surface area contributed by atoms with Gasteiger partial charge in [-0.1, -0.05) is 65.7 Å². The highest BCUT2D eigenvalue weighted by atomic mass is 35.5. The Bertz CT molecular complexity index is 1130. The molecule has 184 valence electrons. The topological polar surface area (TPSA) is 49.4 Å². The Labute approximate surface area is 222 Å². The Kier molecular flexibility index (Phi) is 9.67. The summed E-state index contributed by atoms with van der Waals surface area (Å²) in [5, 5.41) is 4.30. The van der Waals surface area contributed by atoms with Crippen molar-refractivity contribution < 1.29 is 9.59 Å². The monoisotopic (exact) mass is 528 g/mol. The summed E-state index contributed by atoms with van der Waals surface area (Å²) in [6, 6.07) is 23.8. The number of nitrogens with one attached hydrogen (secondary N) is 1. The molecule has 1 unspecified atom stereocenters. The lowest BCUT2D eigenvalue weighted by molar-refractivity contribution is -0.140. The summed E-state index contributed by atoms with van der Waals surface area (Å²) in [5.41, 5.74) is 1.41. The first-order valence-corrected chi connectivity index (χ1v) is 13.1. The summed E-state index contributed by atoms with van der Waals surface area (Å²) in [6.45, 7) is 6.08. The van der Waals surface area contributed by atoms with Gasteiger partial charge in [-0.25, -0.2) is 0 Å². The maximum atomic E-state index is 13.6. The largest absolute Gasteiger partial charge is 0.350 e. The summed E-state index contributed by atoms with van der Waals surface area (Å²) in [5.74, 6) is -0.126. The average molecular weight is 530 g/mol. The molecule has 2 amide bonds. The summed E-state index contributed by atoms with van der Waals surface area (Å²) in [4.78, 5) is 29.8. The van der Waals surface area contributed by atoms with Crippen molar-refractivity contribution in [2.75, 3.05) is 5.75 Å². The van der Waals surface area contributed by atoms with E-state index < -0.39 is 11.6 Å². The summed E-state index contributed by atoms with van der Waals surface area (Å²) in [6.07, 6.45) is 0.403. The molecule has 1 N–H and O–H groups in total. The van der Waals surface area contributed by atoms with E-state index in [1.807, 2.05) is 81.4 Å². The number of halogens is 2. The number of thioether (sulfide) groups is 1. The molecule has 0 fully saturated rings. The van der Waals surface area contributed by atoms with E-state index in [1.54, 1.807) is 23.1 Å². The maximum Gasteiger partial charge on any atom is 0.243 e. The number of benzene rings is 3. The van der Waals surface area contributed by atoms with E-state index in [1.165, 1.54) is 11.8 Å². The number of rotatable bonds is 9. The van der Waals surface area contributed by atoms with Crippen molar-refractivity contribution in [3.05, 3.63) is 100 Å². The van der Waals surface area contributed by atoms with Crippen molar-refractivity contribution in [2.45, 2.75) is 50.2 Å². The van der Waals surface area contributed by atoms with E-state index in [9.17, 15) is 9.59 Å². The second-order valence-electron chi connectivity index (χ2n) is 9.34. The molecule has 0 aliphatic heterocycles. The van der Waals surface area contributed by atoms with Gasteiger partial charge in [0.2, 0.25) is 11.8 Å². The van der Waals surface area contributed by atoms with Gasteiger partial charge in [-0.05, 0) is 68.3 Å².